The fourth-order valence-electron chi connectivity index (χ4n) is 6.61. The number of hydrogen-bond donors (Lipinski definition) is 3. The predicted molar refractivity (Wildman–Crippen MR) is 132 cm³/mol. The first-order chi connectivity index (χ1) is 16.7. The van der Waals surface area contributed by atoms with Crippen molar-refractivity contribution in [2.45, 2.75) is 76.7 Å². The van der Waals surface area contributed by atoms with Gasteiger partial charge in [-0.25, -0.2) is 0 Å². The van der Waals surface area contributed by atoms with Crippen LogP contribution in [-0.2, 0) is 19.2 Å². The topological polar surface area (TPSA) is 125 Å². The molecule has 2 heterocycles. The second-order valence-corrected chi connectivity index (χ2v) is 11.5. The average Bonchev–Trinajstić information content (AvgIpc) is 3.19. The van der Waals surface area contributed by atoms with E-state index in [0.717, 1.165) is 83.8 Å². The summed E-state index contributed by atoms with van der Waals surface area (Å²) >= 11 is 0. The molecule has 0 aromatic carbocycles. The molecule has 2 saturated carbocycles. The SMILES string of the molecule is CN1CC(C(=O)NCCN2CCC3(CCC(C(=O)NC4CCC(C(N)=O)CC4)CC3)CC2)CC1=O. The van der Waals surface area contributed by atoms with Crippen molar-refractivity contribution in [2.75, 3.05) is 39.8 Å². The van der Waals surface area contributed by atoms with Gasteiger partial charge in [-0.05, 0) is 82.7 Å². The van der Waals surface area contributed by atoms with E-state index in [-0.39, 0.29) is 47.4 Å². The Bertz CT molecular complexity index is 792. The molecule has 4 amide bonds. The first kappa shape index (κ1) is 25.9. The fourth-order valence-corrected chi connectivity index (χ4v) is 6.61. The lowest BCUT2D eigenvalue weighted by molar-refractivity contribution is -0.128. The Labute approximate surface area is 208 Å². The Morgan fingerprint density at radius 2 is 1.57 bits per heavy atom. The third kappa shape index (κ3) is 6.54. The molecule has 2 aliphatic carbocycles. The summed E-state index contributed by atoms with van der Waals surface area (Å²) in [4.78, 5) is 52.2. The molecule has 4 aliphatic rings. The van der Waals surface area contributed by atoms with E-state index in [1.54, 1.807) is 11.9 Å². The zero-order valence-corrected chi connectivity index (χ0v) is 21.2. The number of hydrogen-bond acceptors (Lipinski definition) is 5. The smallest absolute Gasteiger partial charge is 0.225 e. The van der Waals surface area contributed by atoms with Gasteiger partial charge in [0.1, 0.15) is 0 Å². The van der Waals surface area contributed by atoms with Crippen LogP contribution in [0.15, 0.2) is 0 Å². The maximum Gasteiger partial charge on any atom is 0.225 e. The molecule has 9 heteroatoms. The van der Waals surface area contributed by atoms with Crippen LogP contribution < -0.4 is 16.4 Å². The highest BCUT2D eigenvalue weighted by atomic mass is 16.2. The van der Waals surface area contributed by atoms with Crippen molar-refractivity contribution in [3.05, 3.63) is 0 Å². The molecule has 1 unspecified atom stereocenters. The molecular weight excluding hydrogens is 446 g/mol. The van der Waals surface area contributed by atoms with Gasteiger partial charge >= 0.3 is 0 Å². The number of likely N-dealkylation sites (tertiary alicyclic amines) is 2. The second-order valence-electron chi connectivity index (χ2n) is 11.5. The molecule has 0 aromatic heterocycles. The van der Waals surface area contributed by atoms with E-state index < -0.39 is 0 Å². The summed E-state index contributed by atoms with van der Waals surface area (Å²) in [6, 6.07) is 0.188. The summed E-state index contributed by atoms with van der Waals surface area (Å²) in [6.07, 6.45) is 10.1. The van der Waals surface area contributed by atoms with Gasteiger partial charge in [0.05, 0.1) is 5.92 Å². The average molecular weight is 490 g/mol. The van der Waals surface area contributed by atoms with Gasteiger partial charge in [-0.3, -0.25) is 19.2 Å². The zero-order valence-electron chi connectivity index (χ0n) is 21.2. The highest BCUT2D eigenvalue weighted by Gasteiger charge is 2.40. The minimum atomic E-state index is -0.213. The molecule has 9 nitrogen and oxygen atoms in total. The van der Waals surface area contributed by atoms with E-state index >= 15 is 0 Å². The van der Waals surface area contributed by atoms with Crippen molar-refractivity contribution in [3.8, 4) is 0 Å². The number of nitrogens with zero attached hydrogens (tertiary/aromatic N) is 2. The number of rotatable bonds is 7. The van der Waals surface area contributed by atoms with Gasteiger partial charge in [-0.1, -0.05) is 0 Å². The van der Waals surface area contributed by atoms with Crippen LogP contribution in [0, 0.1) is 23.2 Å². The number of carbonyl (C=O) groups is 4. The molecule has 1 atom stereocenters. The van der Waals surface area contributed by atoms with Crippen molar-refractivity contribution in [3.63, 3.8) is 0 Å². The molecule has 0 aromatic rings. The van der Waals surface area contributed by atoms with Crippen LogP contribution in [0.5, 0.6) is 0 Å². The molecule has 4 fully saturated rings. The molecule has 0 radical (unpaired) electrons. The van der Waals surface area contributed by atoms with Crippen molar-refractivity contribution < 1.29 is 19.2 Å². The van der Waals surface area contributed by atoms with Gasteiger partial charge in [0.15, 0.2) is 0 Å². The second kappa shape index (κ2) is 11.3. The van der Waals surface area contributed by atoms with E-state index in [2.05, 4.69) is 15.5 Å². The molecule has 4 N–H and O–H groups in total. The summed E-state index contributed by atoms with van der Waals surface area (Å²) in [6.45, 7) is 4.08. The summed E-state index contributed by atoms with van der Waals surface area (Å²) in [7, 11) is 1.75. The molecule has 2 aliphatic heterocycles. The number of carbonyl (C=O) groups excluding carboxylic acids is 4. The minimum absolute atomic E-state index is 0.00584. The maximum absolute atomic E-state index is 12.8. The molecule has 2 saturated heterocycles. The highest BCUT2D eigenvalue weighted by Crippen LogP contribution is 2.46. The van der Waals surface area contributed by atoms with Gasteiger partial charge < -0.3 is 26.2 Å². The summed E-state index contributed by atoms with van der Waals surface area (Å²) < 4.78 is 0. The Kier molecular flexibility index (Phi) is 8.34. The number of primary amides is 1. The maximum atomic E-state index is 12.8. The van der Waals surface area contributed by atoms with E-state index in [0.29, 0.717) is 24.9 Å². The lowest BCUT2D eigenvalue weighted by Gasteiger charge is -2.46. The van der Waals surface area contributed by atoms with Crippen LogP contribution >= 0.6 is 0 Å². The lowest BCUT2D eigenvalue weighted by atomic mass is 9.65. The first-order valence-electron chi connectivity index (χ1n) is 13.6. The zero-order chi connectivity index (χ0) is 25.0. The van der Waals surface area contributed by atoms with E-state index in [1.165, 1.54) is 0 Å². The third-order valence-electron chi connectivity index (χ3n) is 9.25. The van der Waals surface area contributed by atoms with Crippen molar-refractivity contribution in [1.82, 2.24) is 20.4 Å². The fraction of sp³-hybridized carbons (Fsp3) is 0.846. The first-order valence-corrected chi connectivity index (χ1v) is 13.6. The molecule has 1 spiro atoms. The number of amides is 4. The Morgan fingerprint density at radius 3 is 2.14 bits per heavy atom. The highest BCUT2D eigenvalue weighted by molar-refractivity contribution is 5.89. The molecular formula is C26H43N5O4. The summed E-state index contributed by atoms with van der Waals surface area (Å²) in [5.74, 6) is -0.0953. The standard InChI is InChI=1S/C26H43N5O4/c1-30-17-20(16-22(30)32)24(34)28-12-15-31-13-10-26(11-14-31)8-6-19(7-9-26)25(35)29-21-4-2-18(3-5-21)23(27)33/h18-21H,2-17H2,1H3,(H2,27,33)(H,28,34)(H,29,35). The Hall–Kier alpha value is -2.16. The molecule has 35 heavy (non-hydrogen) atoms. The number of nitrogens with two attached hydrogens (primary N) is 1. The van der Waals surface area contributed by atoms with Crippen LogP contribution in [0.4, 0.5) is 0 Å². The quantitative estimate of drug-likeness (QED) is 0.492. The van der Waals surface area contributed by atoms with Crippen molar-refractivity contribution >= 4 is 23.6 Å². The van der Waals surface area contributed by atoms with Crippen LogP contribution in [0.2, 0.25) is 0 Å². The van der Waals surface area contributed by atoms with Gasteiger partial charge in [0, 0.05) is 51.0 Å². The predicted octanol–water partition coefficient (Wildman–Crippen LogP) is 1.01. The Balaban J connectivity index is 1.11. The Morgan fingerprint density at radius 1 is 0.914 bits per heavy atom. The van der Waals surface area contributed by atoms with Gasteiger partial charge in [-0.15, -0.1) is 0 Å². The van der Waals surface area contributed by atoms with Gasteiger partial charge in [0.25, 0.3) is 0 Å². The molecule has 0 bridgehead atoms. The van der Waals surface area contributed by atoms with E-state index in [9.17, 15) is 19.2 Å². The van der Waals surface area contributed by atoms with E-state index in [4.69, 9.17) is 5.73 Å². The molecule has 4 rings (SSSR count). The van der Waals surface area contributed by atoms with Gasteiger partial charge in [-0.2, -0.15) is 0 Å². The lowest BCUT2D eigenvalue weighted by Crippen LogP contribution is -2.47. The van der Waals surface area contributed by atoms with Crippen molar-refractivity contribution in [2.24, 2.45) is 28.9 Å². The summed E-state index contributed by atoms with van der Waals surface area (Å²) in [5, 5.41) is 6.27. The van der Waals surface area contributed by atoms with Gasteiger partial charge in [0.2, 0.25) is 23.6 Å². The van der Waals surface area contributed by atoms with Crippen LogP contribution in [0.25, 0.3) is 0 Å². The van der Waals surface area contributed by atoms with Crippen LogP contribution in [0.1, 0.15) is 70.6 Å². The largest absolute Gasteiger partial charge is 0.369 e. The molecule has 196 valence electrons. The third-order valence-corrected chi connectivity index (χ3v) is 9.25. The van der Waals surface area contributed by atoms with Crippen molar-refractivity contribution in [1.29, 1.82) is 0 Å². The van der Waals surface area contributed by atoms with Crippen LogP contribution in [0.3, 0.4) is 0 Å². The monoisotopic (exact) mass is 489 g/mol. The summed E-state index contributed by atoms with van der Waals surface area (Å²) in [5.41, 5.74) is 5.78. The minimum Gasteiger partial charge on any atom is -0.369 e. The number of nitrogens with one attached hydrogen (secondary N) is 2. The van der Waals surface area contributed by atoms with Crippen LogP contribution in [-0.4, -0.2) is 79.2 Å². The number of piperidine rings is 1. The van der Waals surface area contributed by atoms with E-state index in [1.807, 2.05) is 0 Å². The normalized spacial score (nSPS) is 29.8.